The van der Waals surface area contributed by atoms with E-state index in [2.05, 4.69) is 0 Å². The number of nitrogens with zero attached hydrogens (tertiary/aromatic N) is 1. The molecule has 1 aromatic carbocycles. The van der Waals surface area contributed by atoms with Gasteiger partial charge in [-0.1, -0.05) is 29.3 Å². The average molecular weight is 352 g/mol. The van der Waals surface area contributed by atoms with Crippen molar-refractivity contribution in [1.82, 2.24) is 4.90 Å². The molecule has 3 rings (SSSR count). The van der Waals surface area contributed by atoms with Gasteiger partial charge in [0.2, 0.25) is 0 Å². The van der Waals surface area contributed by atoms with Gasteiger partial charge in [-0.3, -0.25) is 0 Å². The Balaban J connectivity index is 1.92. The molecule has 0 saturated heterocycles. The van der Waals surface area contributed by atoms with Crippen LogP contribution in [0, 0.1) is 0 Å². The number of carboxylic acids is 2. The van der Waals surface area contributed by atoms with Crippen LogP contribution in [-0.4, -0.2) is 33.1 Å². The summed E-state index contributed by atoms with van der Waals surface area (Å²) in [7, 11) is 0. The van der Waals surface area contributed by atoms with Gasteiger partial charge in [0.25, 0.3) is 0 Å². The largest absolute Gasteiger partial charge is 0.479 e. The summed E-state index contributed by atoms with van der Waals surface area (Å²) in [4.78, 5) is 24.4. The third-order valence-electron chi connectivity index (χ3n) is 3.76. The van der Waals surface area contributed by atoms with E-state index in [4.69, 9.17) is 23.2 Å². The fourth-order valence-electron chi connectivity index (χ4n) is 2.71. The zero-order valence-electron chi connectivity index (χ0n) is 11.7. The third kappa shape index (κ3) is 2.73. The molecule has 0 spiro atoms. The van der Waals surface area contributed by atoms with E-state index >= 15 is 0 Å². The highest BCUT2D eigenvalue weighted by atomic mass is 35.5. The van der Waals surface area contributed by atoms with Gasteiger partial charge in [0.1, 0.15) is 6.04 Å². The Morgan fingerprint density at radius 3 is 2.48 bits per heavy atom. The maximum Gasteiger partial charge on any atom is 0.336 e. The number of fused-ring (bicyclic) bond motifs is 1. The topological polar surface area (TPSA) is 77.8 Å². The lowest BCUT2D eigenvalue weighted by molar-refractivity contribution is -0.140. The molecule has 2 N–H and O–H groups in total. The molecule has 1 atom stereocenters. The number of halogens is 2. The fraction of sp³-hybridized carbons (Fsp3) is 0.125. The Hall–Kier alpha value is -2.24. The number of hydrogen-bond donors (Lipinski definition) is 2. The lowest BCUT2D eigenvalue weighted by Gasteiger charge is -2.25. The van der Waals surface area contributed by atoms with Gasteiger partial charge in [-0.25, -0.2) is 9.59 Å². The molecule has 5 nitrogen and oxygen atoms in total. The van der Waals surface area contributed by atoms with Crippen molar-refractivity contribution in [1.29, 1.82) is 0 Å². The van der Waals surface area contributed by atoms with Gasteiger partial charge in [-0.05, 0) is 35.9 Å². The van der Waals surface area contributed by atoms with Crippen LogP contribution in [0.5, 0.6) is 0 Å². The monoisotopic (exact) mass is 351 g/mol. The summed E-state index contributed by atoms with van der Waals surface area (Å²) < 4.78 is 0. The molecule has 0 saturated carbocycles. The predicted molar refractivity (Wildman–Crippen MR) is 85.3 cm³/mol. The first-order chi connectivity index (χ1) is 10.9. The van der Waals surface area contributed by atoms with Crippen molar-refractivity contribution < 1.29 is 19.8 Å². The molecule has 118 valence electrons. The van der Waals surface area contributed by atoms with Crippen molar-refractivity contribution in [3.63, 3.8) is 0 Å². The van der Waals surface area contributed by atoms with E-state index in [9.17, 15) is 19.8 Å². The molecular formula is C16H11Cl2NO4. The van der Waals surface area contributed by atoms with Gasteiger partial charge in [0.05, 0.1) is 15.6 Å². The van der Waals surface area contributed by atoms with Crippen molar-refractivity contribution >= 4 is 35.1 Å². The van der Waals surface area contributed by atoms with E-state index in [1.54, 1.807) is 29.2 Å². The number of carboxylic acid groups (broad SMARTS) is 2. The van der Waals surface area contributed by atoms with Crippen molar-refractivity contribution in [2.45, 2.75) is 12.6 Å². The molecule has 1 aliphatic carbocycles. The summed E-state index contributed by atoms with van der Waals surface area (Å²) in [5.74, 6) is -2.12. The molecule has 0 fully saturated rings. The Bertz CT molecular complexity index is 810. The van der Waals surface area contributed by atoms with Gasteiger partial charge >= 0.3 is 11.9 Å². The van der Waals surface area contributed by atoms with E-state index in [0.29, 0.717) is 21.3 Å². The molecule has 2 aliphatic rings. The van der Waals surface area contributed by atoms with Crippen LogP contribution >= 0.6 is 23.2 Å². The van der Waals surface area contributed by atoms with E-state index in [-0.39, 0.29) is 12.1 Å². The average Bonchev–Trinajstić information content (AvgIpc) is 3.03. The molecule has 7 heteroatoms. The Morgan fingerprint density at radius 2 is 1.87 bits per heavy atom. The Morgan fingerprint density at radius 1 is 1.13 bits per heavy atom. The second kappa shape index (κ2) is 5.76. The van der Waals surface area contributed by atoms with E-state index in [1.807, 2.05) is 0 Å². The molecule has 1 unspecified atom stereocenters. The van der Waals surface area contributed by atoms with Crippen LogP contribution in [0.2, 0.25) is 10.0 Å². The fourth-order valence-corrected chi connectivity index (χ4v) is 3.03. The summed E-state index contributed by atoms with van der Waals surface area (Å²) in [6, 6.07) is 4.14. The van der Waals surface area contributed by atoms with Crippen LogP contribution in [0.15, 0.2) is 53.3 Å². The quantitative estimate of drug-likeness (QED) is 0.871. The van der Waals surface area contributed by atoms with Crippen LogP contribution in [0.3, 0.4) is 0 Å². The zero-order valence-corrected chi connectivity index (χ0v) is 13.2. The molecule has 23 heavy (non-hydrogen) atoms. The van der Waals surface area contributed by atoms with Gasteiger partial charge < -0.3 is 15.1 Å². The maximum atomic E-state index is 11.5. The van der Waals surface area contributed by atoms with Crippen molar-refractivity contribution in [2.24, 2.45) is 0 Å². The first-order valence-corrected chi connectivity index (χ1v) is 7.45. The molecule has 0 bridgehead atoms. The number of benzene rings is 1. The molecule has 0 aromatic heterocycles. The van der Waals surface area contributed by atoms with E-state index in [1.165, 1.54) is 12.2 Å². The summed E-state index contributed by atoms with van der Waals surface area (Å²) in [6.45, 7) is 0.278. The van der Waals surface area contributed by atoms with E-state index in [0.717, 1.165) is 5.56 Å². The maximum absolute atomic E-state index is 11.5. The molecule has 0 radical (unpaired) electrons. The van der Waals surface area contributed by atoms with Crippen LogP contribution in [0.25, 0.3) is 0 Å². The van der Waals surface area contributed by atoms with Crippen molar-refractivity contribution in [2.75, 3.05) is 0 Å². The second-order valence-corrected chi connectivity index (χ2v) is 5.99. The predicted octanol–water partition coefficient (Wildman–Crippen LogP) is 3.10. The lowest BCUT2D eigenvalue weighted by Crippen LogP contribution is -2.34. The van der Waals surface area contributed by atoms with Gasteiger partial charge in [-0.2, -0.15) is 0 Å². The normalized spacial score (nSPS) is 19.1. The zero-order chi connectivity index (χ0) is 16.7. The summed E-state index contributed by atoms with van der Waals surface area (Å²) in [5.41, 5.74) is 1.90. The highest BCUT2D eigenvalue weighted by molar-refractivity contribution is 6.42. The molecule has 1 heterocycles. The minimum Gasteiger partial charge on any atom is -0.479 e. The SMILES string of the molecule is O=C(O)C1=CC=C2C1=CC(C(=O)O)N2Cc1ccc(Cl)c(Cl)c1. The summed E-state index contributed by atoms with van der Waals surface area (Å²) in [6.07, 6.45) is 4.55. The smallest absolute Gasteiger partial charge is 0.336 e. The van der Waals surface area contributed by atoms with Crippen LogP contribution in [0.1, 0.15) is 5.56 Å². The van der Waals surface area contributed by atoms with Crippen molar-refractivity contribution in [3.05, 3.63) is 68.9 Å². The number of aliphatic carboxylic acids is 2. The number of carbonyl (C=O) groups is 2. The third-order valence-corrected chi connectivity index (χ3v) is 4.50. The summed E-state index contributed by atoms with van der Waals surface area (Å²) >= 11 is 11.9. The molecule has 1 aliphatic heterocycles. The second-order valence-electron chi connectivity index (χ2n) is 5.18. The first-order valence-electron chi connectivity index (χ1n) is 6.69. The number of hydrogen-bond acceptors (Lipinski definition) is 3. The van der Waals surface area contributed by atoms with E-state index < -0.39 is 18.0 Å². The van der Waals surface area contributed by atoms with Crippen molar-refractivity contribution in [3.8, 4) is 0 Å². The number of rotatable bonds is 4. The van der Waals surface area contributed by atoms with Crippen LogP contribution in [0.4, 0.5) is 0 Å². The van der Waals surface area contributed by atoms with Gasteiger partial charge in [0, 0.05) is 17.8 Å². The molecule has 1 aromatic rings. The van der Waals surface area contributed by atoms with Crippen LogP contribution < -0.4 is 0 Å². The minimum atomic E-state index is -1.08. The highest BCUT2D eigenvalue weighted by Gasteiger charge is 2.38. The summed E-state index contributed by atoms with van der Waals surface area (Å²) in [5, 5.41) is 19.4. The number of allylic oxidation sites excluding steroid dienone is 3. The minimum absolute atomic E-state index is 0.0999. The lowest BCUT2D eigenvalue weighted by atomic mass is 10.1. The Kier molecular flexibility index (Phi) is 3.92. The Labute approximate surface area is 141 Å². The standard InChI is InChI=1S/C16H11Cl2NO4/c17-11-3-1-8(5-12(11)18)7-19-13-4-2-9(15(20)21)10(13)6-14(19)16(22)23/h1-6,14H,7H2,(H,20,21)(H,22,23). The highest BCUT2D eigenvalue weighted by Crippen LogP contribution is 2.38. The van der Waals surface area contributed by atoms with Crippen LogP contribution in [-0.2, 0) is 16.1 Å². The molecule has 0 amide bonds. The van der Waals surface area contributed by atoms with Gasteiger partial charge in [0.15, 0.2) is 0 Å². The molecular weight excluding hydrogens is 341 g/mol. The van der Waals surface area contributed by atoms with Gasteiger partial charge in [-0.15, -0.1) is 0 Å². The first kappa shape index (κ1) is 15.6.